The summed E-state index contributed by atoms with van der Waals surface area (Å²) in [5.41, 5.74) is 1.79. The third-order valence-electron chi connectivity index (χ3n) is 3.85. The highest BCUT2D eigenvalue weighted by Gasteiger charge is 2.14. The average molecular weight is 389 g/mol. The summed E-state index contributed by atoms with van der Waals surface area (Å²) in [6.07, 6.45) is 0. The van der Waals surface area contributed by atoms with Gasteiger partial charge in [0.15, 0.2) is 5.58 Å². The van der Waals surface area contributed by atoms with Crippen LogP contribution in [-0.2, 0) is 0 Å². The standard InChI is InChI=1S/C19H10Cl2O3S/c20-13-5-6-14(21)18-12(13)9-15(24-18)17-8-7-16(25-17)10-1-3-11(4-2-10)19(22)23/h1-9H,(H,22,23). The van der Waals surface area contributed by atoms with Crippen molar-refractivity contribution in [1.29, 1.82) is 0 Å². The van der Waals surface area contributed by atoms with Gasteiger partial charge in [0.05, 0.1) is 20.5 Å². The number of carboxylic acids is 1. The third-order valence-corrected chi connectivity index (χ3v) is 5.62. The van der Waals surface area contributed by atoms with E-state index in [1.165, 1.54) is 0 Å². The molecule has 4 rings (SSSR count). The van der Waals surface area contributed by atoms with Gasteiger partial charge in [-0.05, 0) is 48.0 Å². The van der Waals surface area contributed by atoms with E-state index in [9.17, 15) is 4.79 Å². The van der Waals surface area contributed by atoms with Crippen LogP contribution in [0.25, 0.3) is 32.0 Å². The second-order valence-electron chi connectivity index (χ2n) is 5.43. The van der Waals surface area contributed by atoms with Crippen LogP contribution in [0.15, 0.2) is 59.0 Å². The van der Waals surface area contributed by atoms with E-state index >= 15 is 0 Å². The molecule has 0 fully saturated rings. The quantitative estimate of drug-likeness (QED) is 0.418. The van der Waals surface area contributed by atoms with Crippen LogP contribution in [0.4, 0.5) is 0 Å². The summed E-state index contributed by atoms with van der Waals surface area (Å²) in [6, 6.07) is 16.1. The Labute approximate surface area is 157 Å². The molecular weight excluding hydrogens is 379 g/mol. The van der Waals surface area contributed by atoms with E-state index in [4.69, 9.17) is 32.7 Å². The van der Waals surface area contributed by atoms with Crippen molar-refractivity contribution < 1.29 is 14.3 Å². The molecule has 124 valence electrons. The Morgan fingerprint density at radius 2 is 1.60 bits per heavy atom. The van der Waals surface area contributed by atoms with E-state index < -0.39 is 5.97 Å². The summed E-state index contributed by atoms with van der Waals surface area (Å²) >= 11 is 13.9. The van der Waals surface area contributed by atoms with E-state index in [1.54, 1.807) is 47.7 Å². The Hall–Kier alpha value is -2.27. The lowest BCUT2D eigenvalue weighted by Crippen LogP contribution is -1.94. The van der Waals surface area contributed by atoms with Gasteiger partial charge in [0.1, 0.15) is 5.76 Å². The minimum Gasteiger partial charge on any atom is -0.478 e. The Kier molecular flexibility index (Phi) is 4.04. The highest BCUT2D eigenvalue weighted by Crippen LogP contribution is 2.40. The summed E-state index contributed by atoms with van der Waals surface area (Å²) < 4.78 is 5.88. The number of benzene rings is 2. The number of hydrogen-bond acceptors (Lipinski definition) is 3. The molecule has 0 aliphatic heterocycles. The Morgan fingerprint density at radius 3 is 2.28 bits per heavy atom. The Morgan fingerprint density at radius 1 is 0.920 bits per heavy atom. The lowest BCUT2D eigenvalue weighted by atomic mass is 10.1. The lowest BCUT2D eigenvalue weighted by molar-refractivity contribution is 0.0697. The van der Waals surface area contributed by atoms with Gasteiger partial charge in [0.2, 0.25) is 0 Å². The molecule has 0 bridgehead atoms. The number of halogens is 2. The molecule has 0 unspecified atom stereocenters. The molecule has 0 aliphatic rings. The van der Waals surface area contributed by atoms with Gasteiger partial charge in [-0.15, -0.1) is 11.3 Å². The average Bonchev–Trinajstić information content (AvgIpc) is 3.26. The van der Waals surface area contributed by atoms with Crippen molar-refractivity contribution in [3.63, 3.8) is 0 Å². The molecule has 0 atom stereocenters. The minimum atomic E-state index is -0.936. The maximum Gasteiger partial charge on any atom is 0.335 e. The lowest BCUT2D eigenvalue weighted by Gasteiger charge is -1.98. The maximum absolute atomic E-state index is 10.9. The van der Waals surface area contributed by atoms with Crippen molar-refractivity contribution >= 4 is 51.5 Å². The number of rotatable bonds is 3. The molecule has 1 N–H and O–H groups in total. The number of fused-ring (bicyclic) bond motifs is 1. The number of carboxylic acid groups (broad SMARTS) is 1. The van der Waals surface area contributed by atoms with Gasteiger partial charge in [-0.1, -0.05) is 35.3 Å². The summed E-state index contributed by atoms with van der Waals surface area (Å²) in [5, 5.41) is 10.9. The number of thiophene rings is 1. The molecule has 0 amide bonds. The monoisotopic (exact) mass is 388 g/mol. The van der Waals surface area contributed by atoms with Crippen LogP contribution >= 0.6 is 34.5 Å². The zero-order valence-electron chi connectivity index (χ0n) is 12.6. The van der Waals surface area contributed by atoms with Crippen LogP contribution in [0.5, 0.6) is 0 Å². The molecule has 0 saturated heterocycles. The zero-order valence-corrected chi connectivity index (χ0v) is 15.0. The second kappa shape index (κ2) is 6.23. The van der Waals surface area contributed by atoms with Crippen LogP contribution in [0.3, 0.4) is 0 Å². The molecule has 4 aromatic rings. The highest BCUT2D eigenvalue weighted by molar-refractivity contribution is 7.18. The minimum absolute atomic E-state index is 0.266. The summed E-state index contributed by atoms with van der Waals surface area (Å²) in [5.74, 6) is -0.238. The first kappa shape index (κ1) is 16.2. The first-order valence-corrected chi connectivity index (χ1v) is 8.91. The molecule has 0 saturated carbocycles. The molecule has 0 spiro atoms. The number of aromatic carboxylic acids is 1. The van der Waals surface area contributed by atoms with E-state index in [2.05, 4.69) is 0 Å². The summed E-state index contributed by atoms with van der Waals surface area (Å²) in [6.45, 7) is 0. The first-order chi connectivity index (χ1) is 12.0. The SMILES string of the molecule is O=C(O)c1ccc(-c2ccc(-c3cc4c(Cl)ccc(Cl)c4o3)s2)cc1. The molecular formula is C19H10Cl2O3S. The molecule has 25 heavy (non-hydrogen) atoms. The molecule has 0 radical (unpaired) electrons. The topological polar surface area (TPSA) is 50.4 Å². The predicted octanol–water partition coefficient (Wildman–Crippen LogP) is 6.83. The fraction of sp³-hybridized carbons (Fsp3) is 0. The Balaban J connectivity index is 1.73. The van der Waals surface area contributed by atoms with Crippen molar-refractivity contribution in [1.82, 2.24) is 0 Å². The molecule has 6 heteroatoms. The van der Waals surface area contributed by atoms with Crippen molar-refractivity contribution in [2.45, 2.75) is 0 Å². The van der Waals surface area contributed by atoms with Crippen molar-refractivity contribution in [2.75, 3.05) is 0 Å². The van der Waals surface area contributed by atoms with Crippen molar-refractivity contribution in [2.24, 2.45) is 0 Å². The van der Waals surface area contributed by atoms with Crippen LogP contribution in [0.1, 0.15) is 10.4 Å². The zero-order chi connectivity index (χ0) is 17.6. The molecule has 2 aromatic heterocycles. The van der Waals surface area contributed by atoms with Gasteiger partial charge in [0.25, 0.3) is 0 Å². The molecule has 3 nitrogen and oxygen atoms in total. The first-order valence-electron chi connectivity index (χ1n) is 7.34. The van der Waals surface area contributed by atoms with E-state index in [0.717, 1.165) is 20.7 Å². The number of carbonyl (C=O) groups is 1. The van der Waals surface area contributed by atoms with E-state index in [0.29, 0.717) is 21.4 Å². The summed E-state index contributed by atoms with van der Waals surface area (Å²) in [4.78, 5) is 12.9. The smallest absolute Gasteiger partial charge is 0.335 e. The van der Waals surface area contributed by atoms with Crippen molar-refractivity contribution in [3.05, 3.63) is 70.2 Å². The fourth-order valence-corrected chi connectivity index (χ4v) is 3.95. The number of hydrogen-bond donors (Lipinski definition) is 1. The summed E-state index contributed by atoms with van der Waals surface area (Å²) in [7, 11) is 0. The van der Waals surface area contributed by atoms with Crippen LogP contribution in [0.2, 0.25) is 10.0 Å². The largest absolute Gasteiger partial charge is 0.478 e. The van der Waals surface area contributed by atoms with Crippen molar-refractivity contribution in [3.8, 4) is 21.1 Å². The van der Waals surface area contributed by atoms with Gasteiger partial charge in [-0.25, -0.2) is 4.79 Å². The van der Waals surface area contributed by atoms with Gasteiger partial charge in [-0.3, -0.25) is 0 Å². The predicted molar refractivity (Wildman–Crippen MR) is 102 cm³/mol. The highest BCUT2D eigenvalue weighted by atomic mass is 35.5. The normalized spacial score (nSPS) is 11.1. The third kappa shape index (κ3) is 2.93. The maximum atomic E-state index is 10.9. The van der Waals surface area contributed by atoms with Crippen LogP contribution < -0.4 is 0 Å². The Bertz CT molecular complexity index is 1050. The van der Waals surface area contributed by atoms with Gasteiger partial charge >= 0.3 is 5.97 Å². The van der Waals surface area contributed by atoms with Crippen LogP contribution in [0, 0.1) is 0 Å². The second-order valence-corrected chi connectivity index (χ2v) is 7.33. The molecule has 0 aliphatic carbocycles. The molecule has 2 aromatic carbocycles. The fourth-order valence-electron chi connectivity index (χ4n) is 2.58. The van der Waals surface area contributed by atoms with Crippen LogP contribution in [-0.4, -0.2) is 11.1 Å². The van der Waals surface area contributed by atoms with E-state index in [-0.39, 0.29) is 5.56 Å². The molecule has 2 heterocycles. The van der Waals surface area contributed by atoms with E-state index in [1.807, 2.05) is 18.2 Å². The van der Waals surface area contributed by atoms with Gasteiger partial charge < -0.3 is 9.52 Å². The van der Waals surface area contributed by atoms with Gasteiger partial charge in [-0.2, -0.15) is 0 Å². The van der Waals surface area contributed by atoms with Gasteiger partial charge in [0, 0.05) is 10.3 Å². The number of furan rings is 1.